The van der Waals surface area contributed by atoms with Gasteiger partial charge >= 0.3 is 12.3 Å². The van der Waals surface area contributed by atoms with E-state index < -0.39 is 17.3 Å². The first-order valence-electron chi connectivity index (χ1n) is 14.5. The van der Waals surface area contributed by atoms with Crippen molar-refractivity contribution in [1.29, 1.82) is 0 Å². The van der Waals surface area contributed by atoms with Gasteiger partial charge in [0.2, 0.25) is 0 Å². The number of hydrogen-bond acceptors (Lipinski definition) is 5. The van der Waals surface area contributed by atoms with Crippen LogP contribution in [0, 0.1) is 0 Å². The smallest absolute Gasteiger partial charge is 0.416 e. The summed E-state index contributed by atoms with van der Waals surface area (Å²) in [5.74, 6) is 0.540. The number of ether oxygens (including phenoxy) is 2. The summed E-state index contributed by atoms with van der Waals surface area (Å²) in [6.45, 7) is 6.37. The molecule has 3 atom stereocenters. The standard InChI is InChI=1S/C31H40F3N3O4/c1-30(2,3)41-29(39)37-18-17-24(20-37)36-28(38)27-16-15-26(19-35-27)40-25-9-5-4-7-21(8-6-10-25)22-11-13-23(14-12-22)31(32,33)34/h11-16,19,21,24-25H,4-10,17-18,20H2,1-3H3,(H,36,38). The third-order valence-electron chi connectivity index (χ3n) is 7.56. The van der Waals surface area contributed by atoms with E-state index in [1.54, 1.807) is 35.4 Å². The maximum absolute atomic E-state index is 12.9. The molecule has 2 aliphatic rings. The van der Waals surface area contributed by atoms with Crippen molar-refractivity contribution in [2.75, 3.05) is 13.1 Å². The van der Waals surface area contributed by atoms with Crippen LogP contribution in [-0.2, 0) is 10.9 Å². The lowest BCUT2D eigenvalue weighted by atomic mass is 9.89. The zero-order valence-corrected chi connectivity index (χ0v) is 24.0. The predicted octanol–water partition coefficient (Wildman–Crippen LogP) is 7.12. The molecule has 2 fully saturated rings. The lowest BCUT2D eigenvalue weighted by Crippen LogP contribution is -2.40. The molecule has 224 valence electrons. The van der Waals surface area contributed by atoms with E-state index in [4.69, 9.17) is 9.47 Å². The number of likely N-dealkylation sites (tertiary alicyclic amines) is 1. The third kappa shape index (κ3) is 9.10. The second-order valence-electron chi connectivity index (χ2n) is 12.0. The molecule has 41 heavy (non-hydrogen) atoms. The minimum atomic E-state index is -4.32. The van der Waals surface area contributed by atoms with Crippen molar-refractivity contribution in [2.24, 2.45) is 0 Å². The van der Waals surface area contributed by atoms with Crippen molar-refractivity contribution in [3.63, 3.8) is 0 Å². The molecule has 1 N–H and O–H groups in total. The first-order chi connectivity index (χ1) is 19.4. The third-order valence-corrected chi connectivity index (χ3v) is 7.56. The Morgan fingerprint density at radius 1 is 0.927 bits per heavy atom. The van der Waals surface area contributed by atoms with E-state index in [1.807, 2.05) is 20.8 Å². The number of nitrogens with one attached hydrogen (secondary N) is 1. The average Bonchev–Trinajstić information content (AvgIpc) is 3.40. The van der Waals surface area contributed by atoms with Gasteiger partial charge in [-0.25, -0.2) is 9.78 Å². The topological polar surface area (TPSA) is 80.8 Å². The molecule has 1 saturated heterocycles. The largest absolute Gasteiger partial charge is 0.489 e. The SMILES string of the molecule is CC(C)(C)OC(=O)N1CCC(NC(=O)c2ccc(OC3CCCCC(c4ccc(C(F)(F)F)cc4)CCC3)cn2)C1. The molecule has 1 aliphatic heterocycles. The van der Waals surface area contributed by atoms with E-state index in [9.17, 15) is 22.8 Å². The Morgan fingerprint density at radius 2 is 1.61 bits per heavy atom. The molecule has 1 aliphatic carbocycles. The van der Waals surface area contributed by atoms with Crippen LogP contribution in [0.15, 0.2) is 42.6 Å². The van der Waals surface area contributed by atoms with Crippen LogP contribution in [-0.4, -0.2) is 52.7 Å². The lowest BCUT2D eigenvalue weighted by Gasteiger charge is -2.24. The molecular weight excluding hydrogens is 535 g/mol. The molecule has 3 unspecified atom stereocenters. The van der Waals surface area contributed by atoms with Gasteiger partial charge in [0.25, 0.3) is 5.91 Å². The minimum absolute atomic E-state index is 0.0140. The number of benzene rings is 1. The molecule has 1 aromatic carbocycles. The molecule has 0 bridgehead atoms. The van der Waals surface area contributed by atoms with Crippen LogP contribution in [0.2, 0.25) is 0 Å². The fraction of sp³-hybridized carbons (Fsp3) is 0.581. The second kappa shape index (κ2) is 13.1. The first kappa shape index (κ1) is 30.7. The first-order valence-corrected chi connectivity index (χ1v) is 14.5. The lowest BCUT2D eigenvalue weighted by molar-refractivity contribution is -0.137. The molecular formula is C31H40F3N3O4. The zero-order valence-electron chi connectivity index (χ0n) is 24.0. The summed E-state index contributed by atoms with van der Waals surface area (Å²) in [5, 5.41) is 2.95. The molecule has 1 aromatic heterocycles. The Morgan fingerprint density at radius 3 is 2.27 bits per heavy atom. The van der Waals surface area contributed by atoms with Crippen LogP contribution in [0.5, 0.6) is 5.75 Å². The summed E-state index contributed by atoms with van der Waals surface area (Å²) in [7, 11) is 0. The Bertz CT molecular complexity index is 1160. The molecule has 0 spiro atoms. The van der Waals surface area contributed by atoms with E-state index in [0.717, 1.165) is 50.5 Å². The summed E-state index contributed by atoms with van der Waals surface area (Å²) >= 11 is 0. The van der Waals surface area contributed by atoms with Gasteiger partial charge in [0, 0.05) is 19.1 Å². The van der Waals surface area contributed by atoms with E-state index in [1.165, 1.54) is 12.1 Å². The Kier molecular flexibility index (Phi) is 9.81. The maximum Gasteiger partial charge on any atom is 0.416 e. The molecule has 2 heterocycles. The number of carbonyl (C=O) groups is 2. The Balaban J connectivity index is 1.24. The van der Waals surface area contributed by atoms with E-state index >= 15 is 0 Å². The predicted molar refractivity (Wildman–Crippen MR) is 149 cm³/mol. The molecule has 1 saturated carbocycles. The summed E-state index contributed by atoms with van der Waals surface area (Å²) in [5.41, 5.74) is 0.0601. The van der Waals surface area contributed by atoms with E-state index in [0.29, 0.717) is 25.3 Å². The molecule has 7 nitrogen and oxygen atoms in total. The van der Waals surface area contributed by atoms with Crippen molar-refractivity contribution in [1.82, 2.24) is 15.2 Å². The highest BCUT2D eigenvalue weighted by Crippen LogP contribution is 2.34. The fourth-order valence-corrected chi connectivity index (χ4v) is 5.45. The van der Waals surface area contributed by atoms with E-state index in [2.05, 4.69) is 10.3 Å². The van der Waals surface area contributed by atoms with Crippen LogP contribution >= 0.6 is 0 Å². The highest BCUT2D eigenvalue weighted by molar-refractivity contribution is 5.92. The van der Waals surface area contributed by atoms with E-state index in [-0.39, 0.29) is 35.8 Å². The highest BCUT2D eigenvalue weighted by Gasteiger charge is 2.32. The highest BCUT2D eigenvalue weighted by atomic mass is 19.4. The normalized spacial score (nSPS) is 22.3. The van der Waals surface area contributed by atoms with Gasteiger partial charge in [-0.1, -0.05) is 18.6 Å². The number of amides is 2. The van der Waals surface area contributed by atoms with Crippen LogP contribution in [0.1, 0.15) is 99.7 Å². The van der Waals surface area contributed by atoms with Crippen molar-refractivity contribution in [3.05, 3.63) is 59.4 Å². The van der Waals surface area contributed by atoms with Gasteiger partial charge in [0.05, 0.1) is 17.9 Å². The number of alkyl halides is 3. The summed E-state index contributed by atoms with van der Waals surface area (Å²) < 4.78 is 50.4. The van der Waals surface area contributed by atoms with Crippen LogP contribution in [0.4, 0.5) is 18.0 Å². The van der Waals surface area contributed by atoms with Gasteiger partial charge < -0.3 is 19.7 Å². The second-order valence-corrected chi connectivity index (χ2v) is 12.0. The summed E-state index contributed by atoms with van der Waals surface area (Å²) in [6.07, 6.45) is 3.96. The number of nitrogens with zero attached hydrogens (tertiary/aromatic N) is 2. The Labute approximate surface area is 239 Å². The number of aromatic nitrogens is 1. The molecule has 0 radical (unpaired) electrons. The number of hydrogen-bond donors (Lipinski definition) is 1. The van der Waals surface area contributed by atoms with Gasteiger partial charge in [0.1, 0.15) is 17.0 Å². The average molecular weight is 576 g/mol. The Hall–Kier alpha value is -3.30. The van der Waals surface area contributed by atoms with Crippen LogP contribution in [0.3, 0.4) is 0 Å². The van der Waals surface area contributed by atoms with Crippen molar-refractivity contribution < 1.29 is 32.2 Å². The molecule has 2 aromatic rings. The van der Waals surface area contributed by atoms with Crippen LogP contribution in [0.25, 0.3) is 0 Å². The van der Waals surface area contributed by atoms with Gasteiger partial charge in [-0.05, 0) is 101 Å². The zero-order chi connectivity index (χ0) is 29.6. The fourth-order valence-electron chi connectivity index (χ4n) is 5.45. The number of rotatable bonds is 5. The van der Waals surface area contributed by atoms with Gasteiger partial charge in [-0.2, -0.15) is 13.2 Å². The van der Waals surface area contributed by atoms with Gasteiger partial charge in [-0.3, -0.25) is 4.79 Å². The quantitative estimate of drug-likeness (QED) is 0.411. The van der Waals surface area contributed by atoms with Crippen LogP contribution < -0.4 is 10.1 Å². The molecule has 4 rings (SSSR count). The van der Waals surface area contributed by atoms with Gasteiger partial charge in [-0.15, -0.1) is 0 Å². The summed E-state index contributed by atoms with van der Waals surface area (Å²) in [4.78, 5) is 30.9. The molecule has 10 heteroatoms. The van der Waals surface area contributed by atoms with Gasteiger partial charge in [0.15, 0.2) is 0 Å². The van der Waals surface area contributed by atoms with Crippen molar-refractivity contribution in [3.8, 4) is 5.75 Å². The number of pyridine rings is 1. The van der Waals surface area contributed by atoms with Crippen molar-refractivity contribution >= 4 is 12.0 Å². The summed E-state index contributed by atoms with van der Waals surface area (Å²) in [6, 6.07) is 8.81. The number of carbonyl (C=O) groups excluding carboxylic acids is 2. The van der Waals surface area contributed by atoms with Crippen molar-refractivity contribution in [2.45, 2.75) is 102 Å². The number of halogens is 3. The monoisotopic (exact) mass is 575 g/mol. The molecule has 2 amide bonds. The maximum atomic E-state index is 12.9. The minimum Gasteiger partial charge on any atom is -0.489 e.